The van der Waals surface area contributed by atoms with Crippen LogP contribution in [0.5, 0.6) is 0 Å². The Morgan fingerprint density at radius 1 is 1.00 bits per heavy atom. The highest BCUT2D eigenvalue weighted by Gasteiger charge is 2.24. The molecule has 2 nitrogen and oxygen atoms in total. The van der Waals surface area contributed by atoms with Crippen molar-refractivity contribution >= 4 is 0 Å². The molecular weight excluding hydrogens is 356 g/mol. The van der Waals surface area contributed by atoms with E-state index in [-0.39, 0.29) is 0 Å². The summed E-state index contributed by atoms with van der Waals surface area (Å²) in [6, 6.07) is 19.7. The fourth-order valence-corrected chi connectivity index (χ4v) is 4.08. The minimum atomic E-state index is -0.712. The summed E-state index contributed by atoms with van der Waals surface area (Å²) in [5.41, 5.74) is 3.41. The average Bonchev–Trinajstić information content (AvgIpc) is 3.22. The number of aliphatic hydroxyl groups excluding tert-OH is 1. The van der Waals surface area contributed by atoms with Crippen molar-refractivity contribution in [2.75, 3.05) is 0 Å². The van der Waals surface area contributed by atoms with Gasteiger partial charge in [-0.1, -0.05) is 92.1 Å². The molecule has 0 spiro atoms. The van der Waals surface area contributed by atoms with Gasteiger partial charge in [0.15, 0.2) is 6.10 Å². The number of allylic oxidation sites excluding steroid dienone is 3. The Morgan fingerprint density at radius 2 is 1.69 bits per heavy atom. The van der Waals surface area contributed by atoms with Crippen LogP contribution in [0.3, 0.4) is 0 Å². The summed E-state index contributed by atoms with van der Waals surface area (Å²) < 4.78 is 6.14. The van der Waals surface area contributed by atoms with Crippen molar-refractivity contribution in [2.45, 2.75) is 64.1 Å². The maximum absolute atomic E-state index is 11.0. The van der Waals surface area contributed by atoms with E-state index in [2.05, 4.69) is 19.1 Å². The van der Waals surface area contributed by atoms with E-state index in [4.69, 9.17) is 4.74 Å². The molecule has 0 radical (unpaired) electrons. The van der Waals surface area contributed by atoms with E-state index in [1.807, 2.05) is 66.9 Å². The minimum absolute atomic E-state index is 0.423. The van der Waals surface area contributed by atoms with Crippen LogP contribution in [-0.2, 0) is 4.74 Å². The molecular formula is C27H34O2. The van der Waals surface area contributed by atoms with Crippen LogP contribution in [0.25, 0.3) is 0 Å². The summed E-state index contributed by atoms with van der Waals surface area (Å²) in [7, 11) is 0. The molecule has 0 bridgehead atoms. The van der Waals surface area contributed by atoms with E-state index < -0.39 is 12.2 Å². The Kier molecular flexibility index (Phi) is 8.58. The Balaban J connectivity index is 1.68. The molecule has 2 heteroatoms. The number of aliphatic hydroxyl groups is 1. The molecule has 0 amide bonds. The van der Waals surface area contributed by atoms with Crippen LogP contribution >= 0.6 is 0 Å². The summed E-state index contributed by atoms with van der Waals surface area (Å²) in [5, 5.41) is 11.0. The van der Waals surface area contributed by atoms with Gasteiger partial charge < -0.3 is 9.84 Å². The maximum Gasteiger partial charge on any atom is 0.153 e. The summed E-state index contributed by atoms with van der Waals surface area (Å²) in [6.07, 6.45) is 14.0. The molecule has 0 heterocycles. The molecule has 1 aliphatic rings. The van der Waals surface area contributed by atoms with E-state index >= 15 is 0 Å². The van der Waals surface area contributed by atoms with Crippen molar-refractivity contribution in [3.63, 3.8) is 0 Å². The Morgan fingerprint density at radius 3 is 2.38 bits per heavy atom. The lowest BCUT2D eigenvalue weighted by Crippen LogP contribution is -2.12. The molecule has 29 heavy (non-hydrogen) atoms. The predicted octanol–water partition coefficient (Wildman–Crippen LogP) is 7.30. The van der Waals surface area contributed by atoms with Crippen molar-refractivity contribution < 1.29 is 9.84 Å². The summed E-state index contributed by atoms with van der Waals surface area (Å²) in [6.45, 7) is 2.25. The van der Waals surface area contributed by atoms with Crippen LogP contribution < -0.4 is 0 Å². The highest BCUT2D eigenvalue weighted by atomic mass is 16.5. The second kappa shape index (κ2) is 11.6. The molecule has 3 atom stereocenters. The van der Waals surface area contributed by atoms with Gasteiger partial charge in [-0.05, 0) is 49.3 Å². The van der Waals surface area contributed by atoms with Crippen LogP contribution in [0.15, 0.2) is 84.7 Å². The highest BCUT2D eigenvalue weighted by Crippen LogP contribution is 2.35. The van der Waals surface area contributed by atoms with E-state index in [1.165, 1.54) is 44.9 Å². The Hall–Kier alpha value is -2.32. The van der Waals surface area contributed by atoms with Crippen molar-refractivity contribution in [3.8, 4) is 0 Å². The van der Waals surface area contributed by atoms with Crippen LogP contribution in [-0.4, -0.2) is 5.11 Å². The lowest BCUT2D eigenvalue weighted by Gasteiger charge is -2.23. The number of rotatable bonds is 10. The molecule has 0 aromatic heterocycles. The summed E-state index contributed by atoms with van der Waals surface area (Å²) in [4.78, 5) is 0. The third kappa shape index (κ3) is 6.33. The standard InChI is InChI=1S/C27H34O2/c1-2-3-4-7-13-22-18-12-19-23(22)20-21-29-27(25-16-10-6-11-17-25)26(28)24-14-8-5-9-15-24/h5-6,8-11,13-17,20-21,23,26-28H,2-4,7,12,18-19H2,1H3/b21-20-,22-13-/t23?,26-,27-/m1/s1. The molecule has 1 N–H and O–H groups in total. The number of hydrogen-bond donors (Lipinski definition) is 1. The highest BCUT2D eigenvalue weighted by molar-refractivity contribution is 5.25. The van der Waals surface area contributed by atoms with Gasteiger partial charge >= 0.3 is 0 Å². The van der Waals surface area contributed by atoms with Crippen LogP contribution in [0.4, 0.5) is 0 Å². The second-order valence-electron chi connectivity index (χ2n) is 7.92. The van der Waals surface area contributed by atoms with Crippen molar-refractivity contribution in [1.82, 2.24) is 0 Å². The topological polar surface area (TPSA) is 29.5 Å². The van der Waals surface area contributed by atoms with Crippen molar-refractivity contribution in [1.29, 1.82) is 0 Å². The minimum Gasteiger partial charge on any atom is -0.491 e. The Bertz CT molecular complexity index is 764. The van der Waals surface area contributed by atoms with Gasteiger partial charge in [0, 0.05) is 5.92 Å². The third-order valence-electron chi connectivity index (χ3n) is 5.76. The molecule has 1 aliphatic carbocycles. The first-order valence-corrected chi connectivity index (χ1v) is 11.1. The number of hydrogen-bond acceptors (Lipinski definition) is 2. The Labute approximate surface area is 175 Å². The van der Waals surface area contributed by atoms with Gasteiger partial charge in [0.25, 0.3) is 0 Å². The zero-order chi connectivity index (χ0) is 20.3. The fourth-order valence-electron chi connectivity index (χ4n) is 4.08. The molecule has 0 aliphatic heterocycles. The average molecular weight is 391 g/mol. The normalized spacial score (nSPS) is 20.2. The van der Waals surface area contributed by atoms with Crippen molar-refractivity contribution in [3.05, 3.63) is 95.8 Å². The summed E-state index contributed by atoms with van der Waals surface area (Å²) in [5.74, 6) is 0.474. The number of ether oxygens (including phenoxy) is 1. The monoisotopic (exact) mass is 390 g/mol. The lowest BCUT2D eigenvalue weighted by atomic mass is 9.98. The zero-order valence-corrected chi connectivity index (χ0v) is 17.5. The van der Waals surface area contributed by atoms with Crippen molar-refractivity contribution in [2.24, 2.45) is 5.92 Å². The maximum atomic E-state index is 11.0. The fraction of sp³-hybridized carbons (Fsp3) is 0.407. The molecule has 1 saturated carbocycles. The SMILES string of the molecule is CCCCC/C=C1/CCCC1/C=C\O[C@H](c1ccccc1)[C@H](O)c1ccccc1. The molecule has 2 aromatic carbocycles. The molecule has 1 fully saturated rings. The first kappa shape index (κ1) is 21.4. The van der Waals surface area contributed by atoms with Gasteiger partial charge in [0.05, 0.1) is 6.26 Å². The van der Waals surface area contributed by atoms with E-state index in [1.54, 1.807) is 5.57 Å². The quantitative estimate of drug-likeness (QED) is 0.262. The number of benzene rings is 2. The largest absolute Gasteiger partial charge is 0.491 e. The van der Waals surface area contributed by atoms with Crippen LogP contribution in [0.1, 0.15) is 75.2 Å². The molecule has 1 unspecified atom stereocenters. The molecule has 0 saturated heterocycles. The van der Waals surface area contributed by atoms with Crippen LogP contribution in [0, 0.1) is 5.92 Å². The molecule has 154 valence electrons. The second-order valence-corrected chi connectivity index (χ2v) is 7.92. The van der Waals surface area contributed by atoms with E-state index in [0.29, 0.717) is 5.92 Å². The predicted molar refractivity (Wildman–Crippen MR) is 120 cm³/mol. The van der Waals surface area contributed by atoms with E-state index in [0.717, 1.165) is 11.1 Å². The lowest BCUT2D eigenvalue weighted by molar-refractivity contribution is 0.00575. The molecule has 3 rings (SSSR count). The van der Waals surface area contributed by atoms with Gasteiger partial charge in [-0.15, -0.1) is 0 Å². The van der Waals surface area contributed by atoms with Gasteiger partial charge in [-0.2, -0.15) is 0 Å². The number of unbranched alkanes of at least 4 members (excludes halogenated alkanes) is 3. The summed E-state index contributed by atoms with van der Waals surface area (Å²) >= 11 is 0. The van der Waals surface area contributed by atoms with Gasteiger partial charge in [-0.25, -0.2) is 0 Å². The first-order valence-electron chi connectivity index (χ1n) is 11.1. The van der Waals surface area contributed by atoms with E-state index in [9.17, 15) is 5.11 Å². The van der Waals surface area contributed by atoms with Gasteiger partial charge in [0.2, 0.25) is 0 Å². The van der Waals surface area contributed by atoms with Gasteiger partial charge in [-0.3, -0.25) is 0 Å². The smallest absolute Gasteiger partial charge is 0.153 e. The van der Waals surface area contributed by atoms with Crippen LogP contribution in [0.2, 0.25) is 0 Å². The zero-order valence-electron chi connectivity index (χ0n) is 17.5. The third-order valence-corrected chi connectivity index (χ3v) is 5.76. The first-order chi connectivity index (χ1) is 14.3. The molecule has 2 aromatic rings. The van der Waals surface area contributed by atoms with Gasteiger partial charge in [0.1, 0.15) is 6.10 Å².